The third kappa shape index (κ3) is 5.18. The Balaban J connectivity index is 1.38. The van der Waals surface area contributed by atoms with Crippen LogP contribution in [-0.2, 0) is 0 Å². The van der Waals surface area contributed by atoms with Crippen molar-refractivity contribution in [3.63, 3.8) is 0 Å². The summed E-state index contributed by atoms with van der Waals surface area (Å²) in [5.74, 6) is 0.765. The van der Waals surface area contributed by atoms with E-state index < -0.39 is 6.03 Å². The van der Waals surface area contributed by atoms with Crippen LogP contribution in [-0.4, -0.2) is 49.7 Å². The molecule has 2 fully saturated rings. The molecule has 1 aliphatic heterocycles. The maximum Gasteiger partial charge on any atom is 0.312 e. The number of hydrogen-bond acceptors (Lipinski definition) is 3. The van der Waals surface area contributed by atoms with Crippen molar-refractivity contribution < 1.29 is 4.79 Å². The Bertz CT molecular complexity index is 612. The third-order valence-corrected chi connectivity index (χ3v) is 6.50. The summed E-state index contributed by atoms with van der Waals surface area (Å²) >= 11 is 12.5. The van der Waals surface area contributed by atoms with E-state index >= 15 is 0 Å². The van der Waals surface area contributed by atoms with E-state index in [-0.39, 0.29) is 6.04 Å². The van der Waals surface area contributed by atoms with E-state index in [1.54, 1.807) is 0 Å². The molecule has 1 aliphatic carbocycles. The van der Waals surface area contributed by atoms with Crippen molar-refractivity contribution in [2.45, 2.75) is 38.1 Å². The predicted octanol–water partition coefficient (Wildman–Crippen LogP) is 3.73. The van der Waals surface area contributed by atoms with Gasteiger partial charge in [-0.15, -0.1) is 0 Å². The number of carbonyl (C=O) groups is 1. The standard InChI is InChI=1S/C19H28Cl2N4O/c20-16-2-1-3-17(18(16)21)25-12-10-24(11-13-25)9-8-14-4-6-15(7-5-14)23-19(22)26/h1-3,14-15H,4-13H2,(H3,22,23,26). The van der Waals surface area contributed by atoms with Crippen LogP contribution in [0.25, 0.3) is 0 Å². The number of rotatable bonds is 5. The number of urea groups is 1. The molecule has 3 rings (SSSR count). The minimum atomic E-state index is -0.397. The first-order chi connectivity index (χ1) is 12.5. The van der Waals surface area contributed by atoms with Crippen LogP contribution < -0.4 is 16.0 Å². The third-order valence-electron chi connectivity index (χ3n) is 5.69. The van der Waals surface area contributed by atoms with Crippen molar-refractivity contribution in [2.75, 3.05) is 37.6 Å². The van der Waals surface area contributed by atoms with Gasteiger partial charge in [0.1, 0.15) is 0 Å². The number of carbonyl (C=O) groups excluding carboxylic acids is 1. The topological polar surface area (TPSA) is 61.6 Å². The minimum Gasteiger partial charge on any atom is -0.368 e. The first kappa shape index (κ1) is 19.6. The van der Waals surface area contributed by atoms with Gasteiger partial charge in [0.15, 0.2) is 0 Å². The molecule has 26 heavy (non-hydrogen) atoms. The highest BCUT2D eigenvalue weighted by Gasteiger charge is 2.24. The number of benzene rings is 1. The van der Waals surface area contributed by atoms with Crippen molar-refractivity contribution in [1.29, 1.82) is 0 Å². The molecule has 1 aromatic carbocycles. The lowest BCUT2D eigenvalue weighted by Gasteiger charge is -2.37. The van der Waals surface area contributed by atoms with E-state index in [9.17, 15) is 4.79 Å². The molecular formula is C19H28Cl2N4O. The Morgan fingerprint density at radius 3 is 2.46 bits per heavy atom. The highest BCUT2D eigenvalue weighted by atomic mass is 35.5. The maximum atomic E-state index is 10.9. The molecule has 0 aromatic heterocycles. The molecule has 0 spiro atoms. The van der Waals surface area contributed by atoms with Crippen molar-refractivity contribution in [2.24, 2.45) is 11.7 Å². The fraction of sp³-hybridized carbons (Fsp3) is 0.632. The van der Waals surface area contributed by atoms with Crippen LogP contribution in [0.3, 0.4) is 0 Å². The van der Waals surface area contributed by atoms with E-state index in [0.717, 1.165) is 57.2 Å². The Morgan fingerprint density at radius 1 is 1.12 bits per heavy atom. The number of primary amides is 1. The largest absolute Gasteiger partial charge is 0.368 e. The van der Waals surface area contributed by atoms with Gasteiger partial charge < -0.3 is 16.0 Å². The number of hydrogen-bond donors (Lipinski definition) is 2. The molecule has 2 aliphatic rings. The average molecular weight is 399 g/mol. The average Bonchev–Trinajstić information content (AvgIpc) is 2.63. The van der Waals surface area contributed by atoms with Gasteiger partial charge in [0.2, 0.25) is 0 Å². The van der Waals surface area contributed by atoms with Gasteiger partial charge in [0.25, 0.3) is 0 Å². The zero-order valence-corrected chi connectivity index (χ0v) is 16.6. The van der Waals surface area contributed by atoms with Crippen molar-refractivity contribution >= 4 is 34.9 Å². The van der Waals surface area contributed by atoms with Crippen LogP contribution in [0.1, 0.15) is 32.1 Å². The Hall–Kier alpha value is -1.17. The van der Waals surface area contributed by atoms with Gasteiger partial charge in [-0.1, -0.05) is 29.3 Å². The zero-order chi connectivity index (χ0) is 18.5. The van der Waals surface area contributed by atoms with Gasteiger partial charge in [-0.2, -0.15) is 0 Å². The Labute approximate surface area is 165 Å². The molecule has 2 amide bonds. The van der Waals surface area contributed by atoms with Crippen LogP contribution in [0.2, 0.25) is 10.0 Å². The van der Waals surface area contributed by atoms with Crippen LogP contribution in [0.4, 0.5) is 10.5 Å². The van der Waals surface area contributed by atoms with Gasteiger partial charge in [-0.25, -0.2) is 4.79 Å². The van der Waals surface area contributed by atoms with E-state index in [1.807, 2.05) is 18.2 Å². The number of nitrogens with two attached hydrogens (primary N) is 1. The highest BCUT2D eigenvalue weighted by Crippen LogP contribution is 2.33. The number of amides is 2. The van der Waals surface area contributed by atoms with Gasteiger partial charge >= 0.3 is 6.03 Å². The molecule has 0 atom stereocenters. The normalized spacial score (nSPS) is 24.5. The van der Waals surface area contributed by atoms with E-state index in [2.05, 4.69) is 15.1 Å². The van der Waals surface area contributed by atoms with Crippen molar-refractivity contribution in [3.8, 4) is 0 Å². The second-order valence-electron chi connectivity index (χ2n) is 7.42. The lowest BCUT2D eigenvalue weighted by molar-refractivity contribution is 0.207. The molecular weight excluding hydrogens is 371 g/mol. The first-order valence-corrected chi connectivity index (χ1v) is 10.3. The summed E-state index contributed by atoms with van der Waals surface area (Å²) in [6.07, 6.45) is 5.70. The zero-order valence-electron chi connectivity index (χ0n) is 15.1. The summed E-state index contributed by atoms with van der Waals surface area (Å²) in [6, 6.07) is 5.71. The second kappa shape index (κ2) is 9.16. The fourth-order valence-corrected chi connectivity index (χ4v) is 4.53. The summed E-state index contributed by atoms with van der Waals surface area (Å²) in [5.41, 5.74) is 6.25. The highest BCUT2D eigenvalue weighted by molar-refractivity contribution is 6.43. The molecule has 0 radical (unpaired) electrons. The van der Waals surface area contributed by atoms with Crippen molar-refractivity contribution in [3.05, 3.63) is 28.2 Å². The SMILES string of the molecule is NC(=O)NC1CCC(CCN2CCN(c3cccc(Cl)c3Cl)CC2)CC1. The lowest BCUT2D eigenvalue weighted by atomic mass is 9.84. The van der Waals surface area contributed by atoms with Gasteiger partial charge in [0.05, 0.1) is 15.7 Å². The molecule has 5 nitrogen and oxygen atoms in total. The lowest BCUT2D eigenvalue weighted by Crippen LogP contribution is -2.47. The van der Waals surface area contributed by atoms with Crippen LogP contribution >= 0.6 is 23.2 Å². The summed E-state index contributed by atoms with van der Waals surface area (Å²) in [7, 11) is 0. The molecule has 0 bridgehead atoms. The Kier molecular flexibility index (Phi) is 6.90. The van der Waals surface area contributed by atoms with E-state index in [0.29, 0.717) is 10.0 Å². The van der Waals surface area contributed by atoms with Gasteiger partial charge in [0, 0.05) is 32.2 Å². The van der Waals surface area contributed by atoms with Gasteiger partial charge in [-0.3, -0.25) is 4.90 Å². The molecule has 1 heterocycles. The smallest absolute Gasteiger partial charge is 0.312 e. The van der Waals surface area contributed by atoms with Crippen LogP contribution in [0.15, 0.2) is 18.2 Å². The van der Waals surface area contributed by atoms with Crippen LogP contribution in [0, 0.1) is 5.92 Å². The first-order valence-electron chi connectivity index (χ1n) is 9.50. The minimum absolute atomic E-state index is 0.273. The number of halogens is 2. The van der Waals surface area contributed by atoms with Crippen LogP contribution in [0.5, 0.6) is 0 Å². The molecule has 0 unspecified atom stereocenters. The Morgan fingerprint density at radius 2 is 1.81 bits per heavy atom. The fourth-order valence-electron chi connectivity index (χ4n) is 4.11. The molecule has 144 valence electrons. The molecule has 1 aromatic rings. The molecule has 3 N–H and O–H groups in total. The molecule has 7 heteroatoms. The van der Waals surface area contributed by atoms with E-state index in [1.165, 1.54) is 19.3 Å². The van der Waals surface area contributed by atoms with Crippen molar-refractivity contribution in [1.82, 2.24) is 10.2 Å². The molecule has 1 saturated heterocycles. The number of nitrogens with one attached hydrogen (secondary N) is 1. The number of nitrogens with zero attached hydrogens (tertiary/aromatic N) is 2. The number of piperazine rings is 1. The second-order valence-corrected chi connectivity index (χ2v) is 8.20. The summed E-state index contributed by atoms with van der Waals surface area (Å²) in [4.78, 5) is 15.8. The monoisotopic (exact) mass is 398 g/mol. The summed E-state index contributed by atoms with van der Waals surface area (Å²) in [6.45, 7) is 5.23. The van der Waals surface area contributed by atoms with E-state index in [4.69, 9.17) is 28.9 Å². The quantitative estimate of drug-likeness (QED) is 0.793. The predicted molar refractivity (Wildman–Crippen MR) is 108 cm³/mol. The summed E-state index contributed by atoms with van der Waals surface area (Å²) < 4.78 is 0. The summed E-state index contributed by atoms with van der Waals surface area (Å²) in [5, 5.41) is 4.11. The number of anilines is 1. The van der Waals surface area contributed by atoms with Gasteiger partial charge in [-0.05, 0) is 56.7 Å². The molecule has 1 saturated carbocycles. The maximum absolute atomic E-state index is 10.9.